The fraction of sp³-hybridized carbons (Fsp3) is 0.600. The summed E-state index contributed by atoms with van der Waals surface area (Å²) < 4.78 is 14.0. The van der Waals surface area contributed by atoms with Crippen LogP contribution in [-0.4, -0.2) is 30.1 Å². The number of rotatable bonds is 4. The highest BCUT2D eigenvalue weighted by atomic mass is 79.9. The summed E-state index contributed by atoms with van der Waals surface area (Å²) in [7, 11) is 0. The average molecular weight is 329 g/mol. The summed E-state index contributed by atoms with van der Waals surface area (Å²) >= 11 is 3.47. The first-order valence-corrected chi connectivity index (χ1v) is 7.84. The number of hydrogen-bond donors (Lipinski definition) is 1. The van der Waals surface area contributed by atoms with E-state index < -0.39 is 0 Å². The standard InChI is InChI=1S/C15H22BrFN2/c1-3-13-10-19(14(4-2)8-18-13)9-11-5-6-12(17)7-15(11)16/h5-7,13-14,18H,3-4,8-10H2,1-2H3. The van der Waals surface area contributed by atoms with Crippen molar-refractivity contribution in [3.8, 4) is 0 Å². The van der Waals surface area contributed by atoms with Crippen molar-refractivity contribution in [3.63, 3.8) is 0 Å². The lowest BCUT2D eigenvalue weighted by molar-refractivity contribution is 0.117. The normalized spacial score (nSPS) is 24.6. The van der Waals surface area contributed by atoms with Crippen molar-refractivity contribution < 1.29 is 4.39 Å². The Morgan fingerprint density at radius 2 is 2.16 bits per heavy atom. The van der Waals surface area contributed by atoms with E-state index in [4.69, 9.17) is 0 Å². The molecule has 4 heteroatoms. The zero-order chi connectivity index (χ0) is 13.8. The van der Waals surface area contributed by atoms with Gasteiger partial charge in [0.2, 0.25) is 0 Å². The first-order chi connectivity index (χ1) is 9.13. The third-order valence-electron chi connectivity index (χ3n) is 3.97. The molecule has 19 heavy (non-hydrogen) atoms. The fourth-order valence-electron chi connectivity index (χ4n) is 2.67. The molecule has 0 saturated carbocycles. The van der Waals surface area contributed by atoms with Crippen molar-refractivity contribution >= 4 is 15.9 Å². The van der Waals surface area contributed by atoms with E-state index in [0.717, 1.165) is 42.5 Å². The molecule has 0 bridgehead atoms. The van der Waals surface area contributed by atoms with Gasteiger partial charge in [-0.3, -0.25) is 4.90 Å². The largest absolute Gasteiger partial charge is 0.311 e. The van der Waals surface area contributed by atoms with Gasteiger partial charge in [-0.2, -0.15) is 0 Å². The van der Waals surface area contributed by atoms with Crippen LogP contribution in [-0.2, 0) is 6.54 Å². The minimum absolute atomic E-state index is 0.186. The van der Waals surface area contributed by atoms with Gasteiger partial charge in [-0.15, -0.1) is 0 Å². The summed E-state index contributed by atoms with van der Waals surface area (Å²) in [4.78, 5) is 2.52. The molecule has 1 aromatic rings. The van der Waals surface area contributed by atoms with Crippen LogP contribution < -0.4 is 5.32 Å². The summed E-state index contributed by atoms with van der Waals surface area (Å²) in [5, 5.41) is 3.60. The zero-order valence-electron chi connectivity index (χ0n) is 11.6. The summed E-state index contributed by atoms with van der Waals surface area (Å²) in [6.07, 6.45) is 2.29. The molecule has 1 heterocycles. The van der Waals surface area contributed by atoms with E-state index in [0.29, 0.717) is 12.1 Å². The highest BCUT2D eigenvalue weighted by Gasteiger charge is 2.26. The van der Waals surface area contributed by atoms with E-state index in [1.54, 1.807) is 12.1 Å². The van der Waals surface area contributed by atoms with Crippen molar-refractivity contribution in [1.82, 2.24) is 10.2 Å². The average Bonchev–Trinajstić information content (AvgIpc) is 2.41. The molecule has 1 saturated heterocycles. The summed E-state index contributed by atoms with van der Waals surface area (Å²) in [6.45, 7) is 7.45. The molecule has 1 aliphatic rings. The van der Waals surface area contributed by atoms with Crippen molar-refractivity contribution in [2.24, 2.45) is 0 Å². The number of hydrogen-bond acceptors (Lipinski definition) is 2. The smallest absolute Gasteiger partial charge is 0.124 e. The molecule has 0 radical (unpaired) electrons. The third kappa shape index (κ3) is 3.77. The van der Waals surface area contributed by atoms with Gasteiger partial charge in [0.25, 0.3) is 0 Å². The maximum Gasteiger partial charge on any atom is 0.124 e. The quantitative estimate of drug-likeness (QED) is 0.909. The summed E-state index contributed by atoms with van der Waals surface area (Å²) in [6, 6.07) is 6.12. The number of benzene rings is 1. The SMILES string of the molecule is CCC1CN(Cc2ccc(F)cc2Br)C(CC)CN1. The molecule has 2 nitrogen and oxygen atoms in total. The minimum atomic E-state index is -0.186. The van der Waals surface area contributed by atoms with Crippen LogP contribution in [0.2, 0.25) is 0 Å². The van der Waals surface area contributed by atoms with E-state index >= 15 is 0 Å². The Kier molecular flexibility index (Phi) is 5.37. The van der Waals surface area contributed by atoms with E-state index in [-0.39, 0.29) is 5.82 Å². The second kappa shape index (κ2) is 6.82. The van der Waals surface area contributed by atoms with Gasteiger partial charge in [0, 0.05) is 36.2 Å². The second-order valence-electron chi connectivity index (χ2n) is 5.24. The lowest BCUT2D eigenvalue weighted by atomic mass is 10.0. The number of nitrogens with zero attached hydrogens (tertiary/aromatic N) is 1. The number of halogens is 2. The van der Waals surface area contributed by atoms with Gasteiger partial charge in [0.15, 0.2) is 0 Å². The van der Waals surface area contributed by atoms with E-state index in [1.165, 1.54) is 0 Å². The molecule has 1 N–H and O–H groups in total. The summed E-state index contributed by atoms with van der Waals surface area (Å²) in [5.74, 6) is -0.186. The van der Waals surface area contributed by atoms with Gasteiger partial charge in [0.1, 0.15) is 5.82 Å². The topological polar surface area (TPSA) is 15.3 Å². The molecule has 2 unspecified atom stereocenters. The van der Waals surface area contributed by atoms with Crippen LogP contribution >= 0.6 is 15.9 Å². The van der Waals surface area contributed by atoms with Gasteiger partial charge in [-0.1, -0.05) is 35.8 Å². The monoisotopic (exact) mass is 328 g/mol. The first-order valence-electron chi connectivity index (χ1n) is 7.05. The fourth-order valence-corrected chi connectivity index (χ4v) is 3.14. The molecule has 0 spiro atoms. The van der Waals surface area contributed by atoms with E-state index in [1.807, 2.05) is 6.07 Å². The lowest BCUT2D eigenvalue weighted by Gasteiger charge is -2.40. The van der Waals surface area contributed by atoms with Crippen LogP contribution in [0, 0.1) is 5.82 Å². The Morgan fingerprint density at radius 3 is 2.79 bits per heavy atom. The Labute approximate surface area is 123 Å². The Hall–Kier alpha value is -0.450. The Morgan fingerprint density at radius 1 is 1.37 bits per heavy atom. The predicted octanol–water partition coefficient (Wildman–Crippen LogP) is 3.55. The molecule has 2 rings (SSSR count). The second-order valence-corrected chi connectivity index (χ2v) is 6.10. The molecule has 2 atom stereocenters. The number of nitrogens with one attached hydrogen (secondary N) is 1. The van der Waals surface area contributed by atoms with Crippen LogP contribution in [0.1, 0.15) is 32.3 Å². The van der Waals surface area contributed by atoms with Crippen LogP contribution in [0.15, 0.2) is 22.7 Å². The van der Waals surface area contributed by atoms with Crippen LogP contribution in [0.25, 0.3) is 0 Å². The van der Waals surface area contributed by atoms with Crippen molar-refractivity contribution in [1.29, 1.82) is 0 Å². The van der Waals surface area contributed by atoms with Gasteiger partial charge in [-0.25, -0.2) is 4.39 Å². The van der Waals surface area contributed by atoms with Crippen LogP contribution in [0.3, 0.4) is 0 Å². The first kappa shape index (κ1) is 14.9. The molecule has 0 aliphatic carbocycles. The number of piperazine rings is 1. The highest BCUT2D eigenvalue weighted by molar-refractivity contribution is 9.10. The van der Waals surface area contributed by atoms with Gasteiger partial charge >= 0.3 is 0 Å². The molecule has 0 amide bonds. The molecule has 1 aliphatic heterocycles. The maximum atomic E-state index is 13.1. The third-order valence-corrected chi connectivity index (χ3v) is 4.70. The van der Waals surface area contributed by atoms with Crippen molar-refractivity contribution in [2.45, 2.75) is 45.3 Å². The van der Waals surface area contributed by atoms with Crippen molar-refractivity contribution in [2.75, 3.05) is 13.1 Å². The van der Waals surface area contributed by atoms with Gasteiger partial charge in [0.05, 0.1) is 0 Å². The minimum Gasteiger partial charge on any atom is -0.311 e. The molecular weight excluding hydrogens is 307 g/mol. The highest BCUT2D eigenvalue weighted by Crippen LogP contribution is 2.22. The van der Waals surface area contributed by atoms with Crippen LogP contribution in [0.5, 0.6) is 0 Å². The zero-order valence-corrected chi connectivity index (χ0v) is 13.2. The Balaban J connectivity index is 2.09. The van der Waals surface area contributed by atoms with Gasteiger partial charge < -0.3 is 5.32 Å². The Bertz CT molecular complexity index is 425. The molecule has 1 fully saturated rings. The predicted molar refractivity (Wildman–Crippen MR) is 80.7 cm³/mol. The van der Waals surface area contributed by atoms with E-state index in [9.17, 15) is 4.39 Å². The molecular formula is C15H22BrFN2. The molecule has 1 aromatic carbocycles. The van der Waals surface area contributed by atoms with Gasteiger partial charge in [-0.05, 0) is 30.5 Å². The lowest BCUT2D eigenvalue weighted by Crippen LogP contribution is -2.55. The van der Waals surface area contributed by atoms with E-state index in [2.05, 4.69) is 40.0 Å². The van der Waals surface area contributed by atoms with Crippen molar-refractivity contribution in [3.05, 3.63) is 34.1 Å². The molecule has 0 aromatic heterocycles. The molecule has 106 valence electrons. The summed E-state index contributed by atoms with van der Waals surface area (Å²) in [5.41, 5.74) is 1.16. The van der Waals surface area contributed by atoms with Crippen LogP contribution in [0.4, 0.5) is 4.39 Å². The maximum absolute atomic E-state index is 13.1.